The number of fused-ring (bicyclic) bond motifs is 1. The van der Waals surface area contributed by atoms with Gasteiger partial charge in [0, 0.05) is 52.1 Å². The lowest BCUT2D eigenvalue weighted by atomic mass is 9.32. The van der Waals surface area contributed by atoms with Crippen molar-refractivity contribution in [2.45, 2.75) is 77.0 Å². The van der Waals surface area contributed by atoms with Crippen molar-refractivity contribution in [2.24, 2.45) is 33.5 Å². The minimum absolute atomic E-state index is 0.0345. The second-order valence-electron chi connectivity index (χ2n) is 16.1. The van der Waals surface area contributed by atoms with Crippen LogP contribution < -0.4 is 14.2 Å². The van der Waals surface area contributed by atoms with Crippen LogP contribution in [-0.4, -0.2) is 74.6 Å². The van der Waals surface area contributed by atoms with E-state index in [-0.39, 0.29) is 36.1 Å². The van der Waals surface area contributed by atoms with Gasteiger partial charge in [-0.15, -0.1) is 0 Å². The van der Waals surface area contributed by atoms with E-state index in [0.717, 1.165) is 24.8 Å². The topological polar surface area (TPSA) is 123 Å². The maximum atomic E-state index is 14.8. The zero-order valence-corrected chi connectivity index (χ0v) is 30.9. The minimum atomic E-state index is -3.75. The molecule has 6 aliphatic carbocycles. The number of carbonyl (C=O) groups excluding carboxylic acids is 1. The number of hydrogen-bond donors (Lipinski definition) is 2. The number of ketones is 1. The number of methoxy groups -OCH3 is 3. The SMILES string of the molecule is COc1ccc(C(=O)C2=CC34C=CC25C(CCC2(C)C5CCC2(O)CN(Cc2ccc(OC)cc2OC)S(C)(=O)=O)C3(C)CCC(O)C4)cc1. The second-order valence-corrected chi connectivity index (χ2v) is 18.1. The number of sulfonamides is 1. The van der Waals surface area contributed by atoms with Crippen LogP contribution in [0.4, 0.5) is 0 Å². The van der Waals surface area contributed by atoms with Crippen LogP contribution in [0.25, 0.3) is 0 Å². The summed E-state index contributed by atoms with van der Waals surface area (Å²) >= 11 is 0. The summed E-state index contributed by atoms with van der Waals surface area (Å²) in [7, 11) is 0.953. The quantitative estimate of drug-likeness (QED) is 0.230. The van der Waals surface area contributed by atoms with Gasteiger partial charge in [0.1, 0.15) is 17.2 Å². The Bertz CT molecular complexity index is 1860. The summed E-state index contributed by atoms with van der Waals surface area (Å²) in [5.74, 6) is 1.77. The highest BCUT2D eigenvalue weighted by molar-refractivity contribution is 7.88. The highest BCUT2D eigenvalue weighted by Gasteiger charge is 2.74. The molecule has 3 fully saturated rings. The van der Waals surface area contributed by atoms with Crippen molar-refractivity contribution in [2.75, 3.05) is 34.1 Å². The average Bonchev–Trinajstić information content (AvgIpc) is 3.37. The normalized spacial score (nSPS) is 37.1. The van der Waals surface area contributed by atoms with E-state index < -0.39 is 38.0 Å². The number of aliphatic hydroxyl groups is 2. The Morgan fingerprint density at radius 3 is 2.18 bits per heavy atom. The molecular weight excluding hydrogens is 655 g/mol. The fourth-order valence-corrected chi connectivity index (χ4v) is 12.1. The van der Waals surface area contributed by atoms with E-state index in [1.807, 2.05) is 24.3 Å². The number of nitrogens with zero attached hydrogens (tertiary/aromatic N) is 1. The lowest BCUT2D eigenvalue weighted by Gasteiger charge is -2.71. The lowest BCUT2D eigenvalue weighted by Crippen LogP contribution is -2.67. The van der Waals surface area contributed by atoms with E-state index in [1.54, 1.807) is 39.5 Å². The highest BCUT2D eigenvalue weighted by Crippen LogP contribution is 2.78. The standard InChI is InChI=1S/C40H51NO8S/c1-36-16-13-28(42)22-38(36)19-20-40(31(23-38)35(43)26-7-10-29(47-3)11-8-26)33(36)14-17-37(2)34(40)15-18-39(37,44)25-41(50(6,45)46)24-27-9-12-30(48-4)21-32(27)49-5/h7-12,19-21,23,28,33-34,42,44H,13-18,22,24-25H2,1-6H3. The molecule has 50 heavy (non-hydrogen) atoms. The zero-order chi connectivity index (χ0) is 35.9. The Morgan fingerprint density at radius 2 is 1.52 bits per heavy atom. The third-order valence-electron chi connectivity index (χ3n) is 14.1. The second kappa shape index (κ2) is 11.9. The molecule has 8 atom stereocenters. The molecule has 270 valence electrons. The fraction of sp³-hybridized carbons (Fsp3) is 0.575. The van der Waals surface area contributed by atoms with Gasteiger partial charge in [-0.05, 0) is 92.5 Å². The number of aliphatic hydroxyl groups excluding tert-OH is 1. The van der Waals surface area contributed by atoms with E-state index in [9.17, 15) is 23.4 Å². The molecule has 2 aromatic rings. The summed E-state index contributed by atoms with van der Waals surface area (Å²) in [6.45, 7) is 4.44. The summed E-state index contributed by atoms with van der Waals surface area (Å²) in [6, 6.07) is 12.6. The monoisotopic (exact) mass is 705 g/mol. The molecule has 8 rings (SSSR count). The fourth-order valence-electron chi connectivity index (χ4n) is 11.3. The Kier molecular flexibility index (Phi) is 8.41. The molecule has 8 unspecified atom stereocenters. The van der Waals surface area contributed by atoms with E-state index in [1.165, 1.54) is 10.6 Å². The van der Waals surface area contributed by atoms with Gasteiger partial charge in [0.2, 0.25) is 10.0 Å². The van der Waals surface area contributed by atoms with Crippen LogP contribution in [0.3, 0.4) is 0 Å². The van der Waals surface area contributed by atoms with Crippen molar-refractivity contribution in [3.8, 4) is 17.2 Å². The molecule has 2 spiro atoms. The van der Waals surface area contributed by atoms with Gasteiger partial charge in [0.15, 0.2) is 5.78 Å². The number of allylic oxidation sites excluding steroid dienone is 4. The van der Waals surface area contributed by atoms with Gasteiger partial charge in [-0.1, -0.05) is 38.1 Å². The molecule has 9 nitrogen and oxygen atoms in total. The molecule has 2 aromatic carbocycles. The van der Waals surface area contributed by atoms with E-state index >= 15 is 0 Å². The van der Waals surface area contributed by atoms with Crippen molar-refractivity contribution in [3.05, 3.63) is 77.4 Å². The minimum Gasteiger partial charge on any atom is -0.497 e. The predicted octanol–water partition coefficient (Wildman–Crippen LogP) is 5.95. The van der Waals surface area contributed by atoms with Gasteiger partial charge in [-0.3, -0.25) is 4.79 Å². The van der Waals surface area contributed by atoms with Crippen LogP contribution in [0.5, 0.6) is 17.2 Å². The Hall–Kier alpha value is -3.18. The lowest BCUT2D eigenvalue weighted by molar-refractivity contribution is -0.173. The van der Waals surface area contributed by atoms with Crippen molar-refractivity contribution < 1.29 is 37.6 Å². The number of ether oxygens (including phenoxy) is 3. The molecule has 10 heteroatoms. The summed E-state index contributed by atoms with van der Waals surface area (Å²) < 4.78 is 44.6. The first-order valence-electron chi connectivity index (χ1n) is 17.8. The van der Waals surface area contributed by atoms with Crippen molar-refractivity contribution >= 4 is 15.8 Å². The summed E-state index contributed by atoms with van der Waals surface area (Å²) in [4.78, 5) is 14.8. The third-order valence-corrected chi connectivity index (χ3v) is 15.3. The van der Waals surface area contributed by atoms with Crippen LogP contribution in [0, 0.1) is 33.5 Å². The molecule has 2 bridgehead atoms. The van der Waals surface area contributed by atoms with Gasteiger partial charge in [0.25, 0.3) is 0 Å². The number of carbonyl (C=O) groups is 1. The Labute approximate surface area is 296 Å². The van der Waals surface area contributed by atoms with Crippen molar-refractivity contribution in [3.63, 3.8) is 0 Å². The maximum absolute atomic E-state index is 14.8. The first-order chi connectivity index (χ1) is 23.6. The molecule has 0 saturated heterocycles. The van der Waals surface area contributed by atoms with Crippen LogP contribution in [0.2, 0.25) is 0 Å². The van der Waals surface area contributed by atoms with Crippen LogP contribution >= 0.6 is 0 Å². The van der Waals surface area contributed by atoms with Crippen molar-refractivity contribution in [1.82, 2.24) is 4.31 Å². The van der Waals surface area contributed by atoms with Gasteiger partial charge < -0.3 is 24.4 Å². The third kappa shape index (κ3) is 4.95. The van der Waals surface area contributed by atoms with Gasteiger partial charge in [-0.25, -0.2) is 8.42 Å². The molecule has 6 aliphatic rings. The molecule has 0 radical (unpaired) electrons. The summed E-state index contributed by atoms with van der Waals surface area (Å²) in [5, 5.41) is 23.9. The highest BCUT2D eigenvalue weighted by atomic mass is 32.2. The van der Waals surface area contributed by atoms with E-state index in [2.05, 4.69) is 32.1 Å². The molecule has 2 N–H and O–H groups in total. The summed E-state index contributed by atoms with van der Waals surface area (Å²) in [5.41, 5.74) is -1.30. The van der Waals surface area contributed by atoms with Crippen LogP contribution in [0.15, 0.2) is 66.3 Å². The molecule has 3 saturated carbocycles. The molecule has 0 aliphatic heterocycles. The molecule has 0 amide bonds. The van der Waals surface area contributed by atoms with Crippen molar-refractivity contribution in [1.29, 1.82) is 0 Å². The number of benzene rings is 2. The smallest absolute Gasteiger partial charge is 0.211 e. The van der Waals surface area contributed by atoms with Gasteiger partial charge >= 0.3 is 0 Å². The first-order valence-corrected chi connectivity index (χ1v) is 19.6. The Morgan fingerprint density at radius 1 is 0.880 bits per heavy atom. The average molecular weight is 706 g/mol. The van der Waals surface area contributed by atoms with Crippen LogP contribution in [0.1, 0.15) is 74.7 Å². The predicted molar refractivity (Wildman–Crippen MR) is 191 cm³/mol. The first kappa shape index (κ1) is 35.2. The summed E-state index contributed by atoms with van der Waals surface area (Å²) in [6.07, 6.45) is 12.2. The largest absolute Gasteiger partial charge is 0.497 e. The Balaban J connectivity index is 1.30. The molecular formula is C40H51NO8S. The van der Waals surface area contributed by atoms with E-state index in [0.29, 0.717) is 54.1 Å². The molecule has 0 heterocycles. The number of Topliss-reactive ketones (excluding diaryl/α,β-unsaturated/α-hetero) is 1. The van der Waals surface area contributed by atoms with Gasteiger partial charge in [-0.2, -0.15) is 4.31 Å². The van der Waals surface area contributed by atoms with E-state index in [4.69, 9.17) is 14.2 Å². The number of rotatable bonds is 10. The van der Waals surface area contributed by atoms with Gasteiger partial charge in [0.05, 0.1) is 39.3 Å². The van der Waals surface area contributed by atoms with Crippen LogP contribution in [-0.2, 0) is 16.6 Å². The molecule has 0 aromatic heterocycles. The number of hydrogen-bond acceptors (Lipinski definition) is 8. The zero-order valence-electron chi connectivity index (χ0n) is 30.1. The maximum Gasteiger partial charge on any atom is 0.211 e.